The molecule has 0 aromatic rings. The van der Waals surface area contributed by atoms with E-state index in [-0.39, 0.29) is 0 Å². The Hall–Kier alpha value is 0.217. The molecule has 0 aliphatic heterocycles. The molecule has 1 heteroatoms. The van der Waals surface area contributed by atoms with E-state index in [1.165, 1.54) is 25.7 Å². The Balaban J connectivity index is 1.28. The van der Waals surface area contributed by atoms with Gasteiger partial charge in [-0.2, -0.15) is 0 Å². The van der Waals surface area contributed by atoms with Gasteiger partial charge in [0.2, 0.25) is 0 Å². The van der Waals surface area contributed by atoms with Gasteiger partial charge in [0, 0.05) is 0 Å². The third-order valence-electron chi connectivity index (χ3n) is 14.0. The predicted molar refractivity (Wildman–Crippen MR) is 145 cm³/mol. The van der Waals surface area contributed by atoms with Crippen molar-refractivity contribution in [2.24, 2.45) is 71.0 Å². The van der Waals surface area contributed by atoms with Crippen LogP contribution in [0.4, 0.5) is 0 Å². The molecule has 188 valence electrons. The first-order valence-electron chi connectivity index (χ1n) is 15.8. The van der Waals surface area contributed by atoms with Crippen LogP contribution in [0.25, 0.3) is 0 Å². The van der Waals surface area contributed by atoms with Gasteiger partial charge in [-0.25, -0.2) is 0 Å². The van der Waals surface area contributed by atoms with Crippen molar-refractivity contribution in [3.8, 4) is 0 Å². The van der Waals surface area contributed by atoms with Gasteiger partial charge < -0.3 is 0 Å². The Bertz CT molecular complexity index is 653. The highest BCUT2D eigenvalue weighted by Crippen LogP contribution is 2.68. The molecular formula is C32H56Si. The zero-order valence-electron chi connectivity index (χ0n) is 23.1. The maximum atomic E-state index is 2.94. The first kappa shape index (κ1) is 23.6. The van der Waals surface area contributed by atoms with E-state index in [9.17, 15) is 0 Å². The average Bonchev–Trinajstić information content (AvgIpc) is 3.31. The maximum absolute atomic E-state index is 2.94. The van der Waals surface area contributed by atoms with Crippen LogP contribution in [0, 0.1) is 71.0 Å². The Morgan fingerprint density at radius 2 is 0.848 bits per heavy atom. The van der Waals surface area contributed by atoms with Crippen molar-refractivity contribution in [2.75, 3.05) is 0 Å². The van der Waals surface area contributed by atoms with Crippen LogP contribution in [-0.4, -0.2) is 8.07 Å². The Morgan fingerprint density at radius 1 is 0.455 bits per heavy atom. The highest BCUT2D eigenvalue weighted by atomic mass is 28.3. The van der Waals surface area contributed by atoms with Gasteiger partial charge in [0.05, 0.1) is 8.07 Å². The molecule has 0 N–H and O–H groups in total. The van der Waals surface area contributed by atoms with Gasteiger partial charge in [-0.15, -0.1) is 0 Å². The van der Waals surface area contributed by atoms with E-state index >= 15 is 0 Å². The van der Waals surface area contributed by atoms with Gasteiger partial charge in [-0.3, -0.25) is 0 Å². The van der Waals surface area contributed by atoms with Crippen LogP contribution in [0.3, 0.4) is 0 Å². The van der Waals surface area contributed by atoms with E-state index in [1.54, 1.807) is 51.4 Å². The number of hydrogen-bond donors (Lipinski definition) is 0. The molecule has 6 aliphatic rings. The van der Waals surface area contributed by atoms with Crippen molar-refractivity contribution in [3.05, 3.63) is 0 Å². The van der Waals surface area contributed by atoms with E-state index in [4.69, 9.17) is 0 Å². The number of rotatable bonds is 2. The van der Waals surface area contributed by atoms with Crippen LogP contribution < -0.4 is 0 Å². The van der Waals surface area contributed by atoms with E-state index < -0.39 is 8.07 Å². The highest BCUT2D eigenvalue weighted by molar-refractivity contribution is 6.80. The van der Waals surface area contributed by atoms with Crippen molar-refractivity contribution in [1.29, 1.82) is 0 Å². The smallest absolute Gasteiger partial charge is 0.0546 e. The highest BCUT2D eigenvalue weighted by Gasteiger charge is 2.61. The molecule has 6 fully saturated rings. The Kier molecular flexibility index (Phi) is 6.19. The molecule has 6 aliphatic carbocycles. The molecule has 14 unspecified atom stereocenters. The van der Waals surface area contributed by atoms with Crippen LogP contribution in [-0.2, 0) is 0 Å². The molecule has 6 saturated carbocycles. The lowest BCUT2D eigenvalue weighted by molar-refractivity contribution is 0.0311. The lowest BCUT2D eigenvalue weighted by Crippen LogP contribution is -2.50. The summed E-state index contributed by atoms with van der Waals surface area (Å²) in [5.74, 6) is 12.8. The van der Waals surface area contributed by atoms with Crippen LogP contribution in [0.15, 0.2) is 0 Å². The summed E-state index contributed by atoms with van der Waals surface area (Å²) >= 11 is 0. The molecule has 33 heavy (non-hydrogen) atoms. The summed E-state index contributed by atoms with van der Waals surface area (Å²) in [6.45, 7) is 16.8. The summed E-state index contributed by atoms with van der Waals surface area (Å²) in [6.07, 6.45) is 18.9. The molecule has 0 bridgehead atoms. The van der Waals surface area contributed by atoms with E-state index in [0.717, 1.165) is 82.1 Å². The summed E-state index contributed by atoms with van der Waals surface area (Å²) in [5.41, 5.74) is 2.25. The molecule has 14 atom stereocenters. The van der Waals surface area contributed by atoms with Gasteiger partial charge in [0.25, 0.3) is 0 Å². The van der Waals surface area contributed by atoms with Crippen molar-refractivity contribution in [2.45, 2.75) is 129 Å². The number of hydrogen-bond acceptors (Lipinski definition) is 0. The SMILES string of the molecule is CC1CC2C(C)C3CCCCC3CC2C1[Si](C)(C)C1C(C)CC2C(C)C3CCCCC3CC21. The fraction of sp³-hybridized carbons (Fsp3) is 1.00. The van der Waals surface area contributed by atoms with Crippen molar-refractivity contribution < 1.29 is 0 Å². The fourth-order valence-electron chi connectivity index (χ4n) is 13.3. The van der Waals surface area contributed by atoms with Crippen molar-refractivity contribution in [3.63, 3.8) is 0 Å². The summed E-state index contributed by atoms with van der Waals surface area (Å²) in [5, 5.41) is 0. The van der Waals surface area contributed by atoms with Gasteiger partial charge >= 0.3 is 0 Å². The topological polar surface area (TPSA) is 0 Å². The second-order valence-corrected chi connectivity index (χ2v) is 20.5. The third-order valence-corrected chi connectivity index (χ3v) is 19.5. The van der Waals surface area contributed by atoms with E-state index in [2.05, 4.69) is 40.8 Å². The van der Waals surface area contributed by atoms with E-state index in [0.29, 0.717) is 0 Å². The normalized spacial score (nSPS) is 56.5. The quantitative estimate of drug-likeness (QED) is 0.354. The molecule has 6 rings (SSSR count). The molecule has 0 aromatic carbocycles. The van der Waals surface area contributed by atoms with Gasteiger partial charge in [-0.05, 0) is 121 Å². The zero-order chi connectivity index (χ0) is 23.1. The molecule has 0 spiro atoms. The van der Waals surface area contributed by atoms with Crippen LogP contribution in [0.2, 0.25) is 24.2 Å². The lowest BCUT2D eigenvalue weighted by Gasteiger charge is -2.53. The largest absolute Gasteiger partial charge is 0.0689 e. The molecular weight excluding hydrogens is 412 g/mol. The second kappa shape index (κ2) is 8.66. The number of fused-ring (bicyclic) bond motifs is 4. The van der Waals surface area contributed by atoms with Crippen molar-refractivity contribution >= 4 is 8.07 Å². The minimum atomic E-state index is -1.35. The first-order valence-corrected chi connectivity index (χ1v) is 18.9. The van der Waals surface area contributed by atoms with Gasteiger partial charge in [0.1, 0.15) is 0 Å². The standard InChI is InChI=1S/C32H56Si/c1-19-15-27-21(3)25-13-9-7-11-23(25)17-29(27)31(19)33(5,6)32-20(2)16-28-22(4)26-14-10-8-12-24(26)18-30(28)32/h19-32H,7-18H2,1-6H3. The summed E-state index contributed by atoms with van der Waals surface area (Å²) in [6, 6.07) is 0. The Morgan fingerprint density at radius 3 is 1.27 bits per heavy atom. The van der Waals surface area contributed by atoms with Crippen molar-refractivity contribution in [1.82, 2.24) is 0 Å². The summed E-state index contributed by atoms with van der Waals surface area (Å²) in [4.78, 5) is 0. The van der Waals surface area contributed by atoms with Crippen LogP contribution in [0.5, 0.6) is 0 Å². The van der Waals surface area contributed by atoms with Gasteiger partial charge in [0.15, 0.2) is 0 Å². The maximum Gasteiger partial charge on any atom is 0.0546 e. The van der Waals surface area contributed by atoms with Gasteiger partial charge in [-0.1, -0.05) is 79.3 Å². The third kappa shape index (κ3) is 3.61. The lowest BCUT2D eigenvalue weighted by atomic mass is 9.59. The summed E-state index contributed by atoms with van der Waals surface area (Å²) in [7, 11) is -1.35. The molecule has 0 heterocycles. The molecule has 0 amide bonds. The zero-order valence-corrected chi connectivity index (χ0v) is 24.1. The monoisotopic (exact) mass is 468 g/mol. The minimum absolute atomic E-state index is 1.01. The van der Waals surface area contributed by atoms with E-state index in [1.807, 2.05) is 0 Å². The second-order valence-electron chi connectivity index (χ2n) is 15.6. The molecule has 0 aromatic heterocycles. The predicted octanol–water partition coefficient (Wildman–Crippen LogP) is 9.67. The van der Waals surface area contributed by atoms with Crippen LogP contribution in [0.1, 0.15) is 105 Å². The first-order chi connectivity index (χ1) is 15.8. The van der Waals surface area contributed by atoms with Crippen LogP contribution >= 0.6 is 0 Å². The average molecular weight is 469 g/mol. The Labute approximate surface area is 207 Å². The molecule has 0 nitrogen and oxygen atoms in total. The fourth-order valence-corrected chi connectivity index (χ4v) is 19.9. The summed E-state index contributed by atoms with van der Waals surface area (Å²) < 4.78 is 0. The molecule has 0 radical (unpaired) electrons. The molecule has 0 saturated heterocycles. The minimum Gasteiger partial charge on any atom is -0.0689 e.